The van der Waals surface area contributed by atoms with E-state index < -0.39 is 0 Å². The lowest BCUT2D eigenvalue weighted by Crippen LogP contribution is -2.43. The van der Waals surface area contributed by atoms with E-state index in [4.69, 9.17) is 22.3 Å². The Bertz CT molecular complexity index is 1040. The Hall–Kier alpha value is -2.74. The predicted octanol–water partition coefficient (Wildman–Crippen LogP) is 1.90. The summed E-state index contributed by atoms with van der Waals surface area (Å²) in [6.45, 7) is 2.27. The van der Waals surface area contributed by atoms with Crippen molar-refractivity contribution in [3.8, 4) is 11.3 Å². The number of amides is 2. The van der Waals surface area contributed by atoms with E-state index in [2.05, 4.69) is 10.4 Å². The fourth-order valence-corrected chi connectivity index (χ4v) is 4.14. The number of nitrogens with zero attached hydrogens (tertiary/aromatic N) is 4. The van der Waals surface area contributed by atoms with Crippen LogP contribution >= 0.6 is 11.6 Å². The van der Waals surface area contributed by atoms with Gasteiger partial charge in [0.05, 0.1) is 5.69 Å². The number of likely N-dealkylation sites (tertiary alicyclic amines) is 1. The van der Waals surface area contributed by atoms with Crippen LogP contribution in [0.1, 0.15) is 19.3 Å². The molecule has 3 N–H and O–H groups in total. The third-order valence-corrected chi connectivity index (χ3v) is 5.82. The van der Waals surface area contributed by atoms with Crippen LogP contribution in [0.2, 0.25) is 5.02 Å². The van der Waals surface area contributed by atoms with Gasteiger partial charge in [0.2, 0.25) is 0 Å². The largest absolute Gasteiger partial charge is 0.370 e. The fraction of sp³-hybridized carbons (Fsp3) is 0.350. The van der Waals surface area contributed by atoms with Crippen molar-refractivity contribution >= 4 is 42.4 Å². The standard InChI is InChI=1S/C20H24BClN6O/c21-15-11-25-28-18(24-8-7-13-4-3-9-27(12-13)20(23)29)10-17(26-19(15)28)14-5-1-2-6-16(14)22/h1-2,5-6,10-11,13,24H,3-4,7-9,12,21H2,(H2,23,29). The van der Waals surface area contributed by atoms with Crippen LogP contribution in [0.3, 0.4) is 0 Å². The lowest BCUT2D eigenvalue weighted by atomic mass is 9.95. The molecule has 0 saturated carbocycles. The molecule has 1 aliphatic rings. The number of hydrogen-bond donors (Lipinski definition) is 2. The van der Waals surface area contributed by atoms with Crippen LogP contribution in [0.15, 0.2) is 36.5 Å². The van der Waals surface area contributed by atoms with Crippen molar-refractivity contribution in [3.63, 3.8) is 0 Å². The highest BCUT2D eigenvalue weighted by molar-refractivity contribution is 6.36. The van der Waals surface area contributed by atoms with E-state index in [0.717, 1.165) is 67.1 Å². The summed E-state index contributed by atoms with van der Waals surface area (Å²) in [5, 5.41) is 8.64. The second-order valence-corrected chi connectivity index (χ2v) is 7.98. The molecule has 0 spiro atoms. The van der Waals surface area contributed by atoms with Crippen molar-refractivity contribution in [2.24, 2.45) is 11.7 Å². The molecule has 150 valence electrons. The number of anilines is 1. The maximum atomic E-state index is 11.4. The molecule has 3 heterocycles. The lowest BCUT2D eigenvalue weighted by Gasteiger charge is -2.31. The maximum absolute atomic E-state index is 11.4. The van der Waals surface area contributed by atoms with Gasteiger partial charge in [0.15, 0.2) is 5.65 Å². The number of piperidine rings is 1. The van der Waals surface area contributed by atoms with Crippen molar-refractivity contribution in [2.45, 2.75) is 19.3 Å². The third-order valence-electron chi connectivity index (χ3n) is 5.49. The van der Waals surface area contributed by atoms with Crippen LogP contribution in [0.5, 0.6) is 0 Å². The first-order valence-electron chi connectivity index (χ1n) is 9.91. The number of nitrogens with two attached hydrogens (primary N) is 1. The molecule has 4 rings (SSSR count). The monoisotopic (exact) mass is 410 g/mol. The zero-order chi connectivity index (χ0) is 20.4. The van der Waals surface area contributed by atoms with Gasteiger partial charge in [-0.15, -0.1) is 0 Å². The van der Waals surface area contributed by atoms with E-state index >= 15 is 0 Å². The van der Waals surface area contributed by atoms with Crippen LogP contribution in [0.4, 0.5) is 10.6 Å². The van der Waals surface area contributed by atoms with Crippen molar-refractivity contribution < 1.29 is 4.79 Å². The SMILES string of the molecule is Bc1cnn2c(NCCC3CCCN(C(N)=O)C3)cc(-c3ccccc3Cl)nc12. The van der Waals surface area contributed by atoms with Crippen molar-refractivity contribution in [3.05, 3.63) is 41.6 Å². The molecule has 7 nitrogen and oxygen atoms in total. The number of nitrogens with one attached hydrogen (secondary N) is 1. The molecular weight excluding hydrogens is 387 g/mol. The van der Waals surface area contributed by atoms with Gasteiger partial charge in [-0.25, -0.2) is 9.78 Å². The summed E-state index contributed by atoms with van der Waals surface area (Å²) >= 11 is 6.40. The number of benzene rings is 1. The first-order valence-corrected chi connectivity index (χ1v) is 10.3. The smallest absolute Gasteiger partial charge is 0.314 e. The number of hydrogen-bond acceptors (Lipinski definition) is 4. The topological polar surface area (TPSA) is 88.5 Å². The molecule has 0 bridgehead atoms. The third kappa shape index (κ3) is 4.17. The predicted molar refractivity (Wildman–Crippen MR) is 119 cm³/mol. The quantitative estimate of drug-likeness (QED) is 0.629. The summed E-state index contributed by atoms with van der Waals surface area (Å²) in [6, 6.07) is 9.36. The van der Waals surface area contributed by atoms with Gasteiger partial charge in [-0.1, -0.05) is 29.8 Å². The van der Waals surface area contributed by atoms with Crippen LogP contribution in [-0.2, 0) is 0 Å². The number of halogens is 1. The molecule has 0 radical (unpaired) electrons. The zero-order valence-electron chi connectivity index (χ0n) is 16.4. The number of carbonyl (C=O) groups excluding carboxylic acids is 1. The summed E-state index contributed by atoms with van der Waals surface area (Å²) in [5.41, 5.74) is 8.96. The summed E-state index contributed by atoms with van der Waals surface area (Å²) in [6.07, 6.45) is 4.89. The minimum absolute atomic E-state index is 0.324. The number of carbonyl (C=O) groups is 1. The minimum Gasteiger partial charge on any atom is -0.370 e. The Labute approximate surface area is 175 Å². The van der Waals surface area contributed by atoms with Gasteiger partial charge in [0.1, 0.15) is 13.7 Å². The number of urea groups is 1. The molecule has 1 unspecified atom stereocenters. The van der Waals surface area contributed by atoms with Gasteiger partial charge in [-0.2, -0.15) is 9.61 Å². The van der Waals surface area contributed by atoms with E-state index in [9.17, 15) is 4.79 Å². The number of aromatic nitrogens is 3. The highest BCUT2D eigenvalue weighted by Gasteiger charge is 2.22. The van der Waals surface area contributed by atoms with E-state index in [1.165, 1.54) is 0 Å². The molecule has 1 saturated heterocycles. The molecule has 9 heteroatoms. The molecule has 0 aliphatic carbocycles. The highest BCUT2D eigenvalue weighted by atomic mass is 35.5. The molecule has 2 amide bonds. The van der Waals surface area contributed by atoms with Gasteiger partial charge in [-0.3, -0.25) is 0 Å². The molecular formula is C20H24BClN6O. The van der Waals surface area contributed by atoms with E-state index in [1.807, 2.05) is 48.9 Å². The maximum Gasteiger partial charge on any atom is 0.314 e. The Kier molecular flexibility index (Phi) is 5.62. The summed E-state index contributed by atoms with van der Waals surface area (Å²) < 4.78 is 1.83. The second kappa shape index (κ2) is 8.33. The molecule has 29 heavy (non-hydrogen) atoms. The molecule has 3 aromatic rings. The first kappa shape index (κ1) is 19.6. The summed E-state index contributed by atoms with van der Waals surface area (Å²) in [4.78, 5) is 18.0. The van der Waals surface area contributed by atoms with Crippen LogP contribution in [0, 0.1) is 5.92 Å². The average Bonchev–Trinajstić information content (AvgIpc) is 3.09. The van der Waals surface area contributed by atoms with Crippen LogP contribution < -0.4 is 16.5 Å². The van der Waals surface area contributed by atoms with Gasteiger partial charge < -0.3 is 16.0 Å². The molecule has 1 aliphatic heterocycles. The molecule has 1 fully saturated rings. The van der Waals surface area contributed by atoms with Gasteiger partial charge in [0.25, 0.3) is 0 Å². The number of primary amides is 1. The Morgan fingerprint density at radius 3 is 3.00 bits per heavy atom. The minimum atomic E-state index is -0.324. The van der Waals surface area contributed by atoms with Gasteiger partial charge in [-0.05, 0) is 36.7 Å². The van der Waals surface area contributed by atoms with Gasteiger partial charge in [0, 0.05) is 42.5 Å². The fourth-order valence-electron chi connectivity index (χ4n) is 3.91. The second-order valence-electron chi connectivity index (χ2n) is 7.58. The average molecular weight is 411 g/mol. The van der Waals surface area contributed by atoms with E-state index in [-0.39, 0.29) is 6.03 Å². The van der Waals surface area contributed by atoms with Crippen molar-refractivity contribution in [1.82, 2.24) is 19.5 Å². The van der Waals surface area contributed by atoms with Crippen molar-refractivity contribution in [2.75, 3.05) is 25.0 Å². The summed E-state index contributed by atoms with van der Waals surface area (Å²) in [5.74, 6) is 1.32. The lowest BCUT2D eigenvalue weighted by molar-refractivity contribution is 0.171. The Morgan fingerprint density at radius 2 is 2.21 bits per heavy atom. The molecule has 1 atom stereocenters. The van der Waals surface area contributed by atoms with Gasteiger partial charge >= 0.3 is 6.03 Å². The highest BCUT2D eigenvalue weighted by Crippen LogP contribution is 2.28. The summed E-state index contributed by atoms with van der Waals surface area (Å²) in [7, 11) is 2.00. The van der Waals surface area contributed by atoms with E-state index in [1.54, 1.807) is 4.90 Å². The van der Waals surface area contributed by atoms with Crippen LogP contribution in [0.25, 0.3) is 16.9 Å². The molecule has 1 aromatic carbocycles. The zero-order valence-corrected chi connectivity index (χ0v) is 17.2. The normalized spacial score (nSPS) is 16.9. The van der Waals surface area contributed by atoms with E-state index in [0.29, 0.717) is 10.9 Å². The Morgan fingerprint density at radius 1 is 1.38 bits per heavy atom. The first-order chi connectivity index (χ1) is 14.0. The van der Waals surface area contributed by atoms with Crippen LogP contribution in [-0.4, -0.2) is 53.0 Å². The Balaban J connectivity index is 1.54. The van der Waals surface area contributed by atoms with Crippen molar-refractivity contribution in [1.29, 1.82) is 0 Å². The number of fused-ring (bicyclic) bond motifs is 1. The number of rotatable bonds is 5. The molecule has 2 aromatic heterocycles.